The van der Waals surface area contributed by atoms with E-state index in [0.29, 0.717) is 5.82 Å². The van der Waals surface area contributed by atoms with Crippen LogP contribution in [0.25, 0.3) is 0 Å². The van der Waals surface area contributed by atoms with E-state index in [0.717, 1.165) is 18.7 Å². The standard InChI is InChI=1S/C11H19N3O/c1-8-13-11(15-14-8)9-6-4-2-3-5-7-10(9)12/h9-10H,2-7,12H2,1H3. The molecule has 0 radical (unpaired) electrons. The number of nitrogens with zero attached hydrogens (tertiary/aromatic N) is 2. The Morgan fingerprint density at radius 2 is 1.93 bits per heavy atom. The monoisotopic (exact) mass is 209 g/mol. The van der Waals surface area contributed by atoms with Crippen LogP contribution < -0.4 is 5.73 Å². The topological polar surface area (TPSA) is 64.9 Å². The van der Waals surface area contributed by atoms with Crippen LogP contribution in [0.3, 0.4) is 0 Å². The van der Waals surface area contributed by atoms with Crippen LogP contribution in [0.15, 0.2) is 4.52 Å². The van der Waals surface area contributed by atoms with Gasteiger partial charge in [0, 0.05) is 6.04 Å². The first-order valence-corrected chi connectivity index (χ1v) is 5.83. The SMILES string of the molecule is Cc1noc(C2CCCCCCC2N)n1. The molecule has 2 N–H and O–H groups in total. The predicted molar refractivity (Wildman–Crippen MR) is 57.5 cm³/mol. The van der Waals surface area contributed by atoms with Gasteiger partial charge >= 0.3 is 0 Å². The van der Waals surface area contributed by atoms with Gasteiger partial charge in [0.25, 0.3) is 0 Å². The molecule has 4 heteroatoms. The zero-order chi connectivity index (χ0) is 10.7. The summed E-state index contributed by atoms with van der Waals surface area (Å²) in [5.74, 6) is 1.72. The van der Waals surface area contributed by atoms with E-state index in [-0.39, 0.29) is 12.0 Å². The fourth-order valence-electron chi connectivity index (χ4n) is 2.28. The number of aromatic nitrogens is 2. The molecular formula is C11H19N3O. The first kappa shape index (κ1) is 10.6. The molecule has 2 atom stereocenters. The second-order valence-corrected chi connectivity index (χ2v) is 4.44. The average Bonchev–Trinajstić information content (AvgIpc) is 2.59. The van der Waals surface area contributed by atoms with Gasteiger partial charge < -0.3 is 10.3 Å². The maximum absolute atomic E-state index is 6.16. The molecule has 1 aromatic rings. The van der Waals surface area contributed by atoms with Crippen molar-refractivity contribution in [3.8, 4) is 0 Å². The molecule has 1 saturated carbocycles. The number of hydrogen-bond acceptors (Lipinski definition) is 4. The fraction of sp³-hybridized carbons (Fsp3) is 0.818. The third-order valence-electron chi connectivity index (χ3n) is 3.18. The van der Waals surface area contributed by atoms with Gasteiger partial charge in [-0.1, -0.05) is 30.8 Å². The van der Waals surface area contributed by atoms with E-state index in [9.17, 15) is 0 Å². The van der Waals surface area contributed by atoms with Crippen molar-refractivity contribution in [2.75, 3.05) is 0 Å². The summed E-state index contributed by atoms with van der Waals surface area (Å²) in [5.41, 5.74) is 6.16. The van der Waals surface area contributed by atoms with Crippen LogP contribution in [0.5, 0.6) is 0 Å². The fourth-order valence-corrected chi connectivity index (χ4v) is 2.28. The van der Waals surface area contributed by atoms with Crippen molar-refractivity contribution >= 4 is 0 Å². The average molecular weight is 209 g/mol. The zero-order valence-corrected chi connectivity index (χ0v) is 9.28. The van der Waals surface area contributed by atoms with Crippen LogP contribution in [-0.2, 0) is 0 Å². The molecule has 0 aliphatic heterocycles. The summed E-state index contributed by atoms with van der Waals surface area (Å²) < 4.78 is 5.23. The minimum absolute atomic E-state index is 0.185. The van der Waals surface area contributed by atoms with Gasteiger partial charge in [-0.15, -0.1) is 0 Å². The summed E-state index contributed by atoms with van der Waals surface area (Å²) in [6.07, 6.45) is 7.22. The number of aryl methyl sites for hydroxylation is 1. The molecule has 0 bridgehead atoms. The number of hydrogen-bond donors (Lipinski definition) is 1. The van der Waals surface area contributed by atoms with Gasteiger partial charge in [-0.05, 0) is 19.8 Å². The Bertz CT molecular complexity index is 311. The van der Waals surface area contributed by atoms with Crippen LogP contribution in [0.2, 0.25) is 0 Å². The Kier molecular flexibility index (Phi) is 3.36. The van der Waals surface area contributed by atoms with Crippen LogP contribution >= 0.6 is 0 Å². The molecule has 1 aliphatic rings. The molecule has 1 fully saturated rings. The van der Waals surface area contributed by atoms with E-state index in [1.54, 1.807) is 0 Å². The lowest BCUT2D eigenvalue weighted by Gasteiger charge is -2.22. The summed E-state index contributed by atoms with van der Waals surface area (Å²) in [4.78, 5) is 4.30. The molecule has 0 saturated heterocycles. The van der Waals surface area contributed by atoms with E-state index in [4.69, 9.17) is 10.3 Å². The maximum Gasteiger partial charge on any atom is 0.231 e. The minimum atomic E-state index is 0.185. The highest BCUT2D eigenvalue weighted by Crippen LogP contribution is 2.29. The second-order valence-electron chi connectivity index (χ2n) is 4.44. The minimum Gasteiger partial charge on any atom is -0.339 e. The highest BCUT2D eigenvalue weighted by Gasteiger charge is 2.25. The van der Waals surface area contributed by atoms with Crippen molar-refractivity contribution in [2.24, 2.45) is 5.73 Å². The Morgan fingerprint density at radius 3 is 2.60 bits per heavy atom. The van der Waals surface area contributed by atoms with Crippen LogP contribution in [0.1, 0.15) is 56.2 Å². The molecule has 1 heterocycles. The molecule has 2 rings (SSSR count). The third kappa shape index (κ3) is 2.56. The lowest BCUT2D eigenvalue weighted by Crippen LogP contribution is -2.29. The summed E-state index contributed by atoms with van der Waals surface area (Å²) in [6, 6.07) is 0.185. The van der Waals surface area contributed by atoms with E-state index in [1.165, 1.54) is 25.7 Å². The lowest BCUT2D eigenvalue weighted by molar-refractivity contribution is 0.301. The van der Waals surface area contributed by atoms with Gasteiger partial charge in [-0.2, -0.15) is 4.98 Å². The third-order valence-corrected chi connectivity index (χ3v) is 3.18. The largest absolute Gasteiger partial charge is 0.339 e. The zero-order valence-electron chi connectivity index (χ0n) is 9.28. The van der Waals surface area contributed by atoms with E-state index in [2.05, 4.69) is 10.1 Å². The van der Waals surface area contributed by atoms with Gasteiger partial charge in [-0.3, -0.25) is 0 Å². The van der Waals surface area contributed by atoms with E-state index < -0.39 is 0 Å². The molecule has 2 unspecified atom stereocenters. The van der Waals surface area contributed by atoms with Gasteiger partial charge in [0.1, 0.15) is 0 Å². The van der Waals surface area contributed by atoms with Crippen LogP contribution in [0.4, 0.5) is 0 Å². The molecule has 0 spiro atoms. The van der Waals surface area contributed by atoms with E-state index >= 15 is 0 Å². The Labute approximate surface area is 90.2 Å². The van der Waals surface area contributed by atoms with Crippen molar-refractivity contribution in [1.29, 1.82) is 0 Å². The maximum atomic E-state index is 6.16. The Balaban J connectivity index is 2.10. The molecule has 0 amide bonds. The normalized spacial score (nSPS) is 28.4. The first-order valence-electron chi connectivity index (χ1n) is 5.83. The molecule has 1 aromatic heterocycles. The molecule has 15 heavy (non-hydrogen) atoms. The highest BCUT2D eigenvalue weighted by atomic mass is 16.5. The van der Waals surface area contributed by atoms with Crippen molar-refractivity contribution < 1.29 is 4.52 Å². The lowest BCUT2D eigenvalue weighted by atomic mass is 9.87. The molecule has 84 valence electrons. The Hall–Kier alpha value is -0.900. The summed E-state index contributed by atoms with van der Waals surface area (Å²) >= 11 is 0. The van der Waals surface area contributed by atoms with Gasteiger partial charge in [-0.25, -0.2) is 0 Å². The molecule has 1 aliphatic carbocycles. The molecule has 0 aromatic carbocycles. The number of rotatable bonds is 1. The number of nitrogens with two attached hydrogens (primary N) is 1. The van der Waals surface area contributed by atoms with Crippen molar-refractivity contribution in [2.45, 2.75) is 57.4 Å². The van der Waals surface area contributed by atoms with Gasteiger partial charge in [0.2, 0.25) is 5.89 Å². The van der Waals surface area contributed by atoms with Crippen molar-refractivity contribution in [1.82, 2.24) is 10.1 Å². The van der Waals surface area contributed by atoms with Gasteiger partial charge in [0.15, 0.2) is 5.82 Å². The van der Waals surface area contributed by atoms with Crippen LogP contribution in [0, 0.1) is 6.92 Å². The molecule has 4 nitrogen and oxygen atoms in total. The quantitative estimate of drug-likeness (QED) is 0.769. The first-order chi connectivity index (χ1) is 7.27. The van der Waals surface area contributed by atoms with Gasteiger partial charge in [0.05, 0.1) is 5.92 Å². The van der Waals surface area contributed by atoms with Crippen LogP contribution in [-0.4, -0.2) is 16.2 Å². The summed E-state index contributed by atoms with van der Waals surface area (Å²) in [6.45, 7) is 1.85. The smallest absolute Gasteiger partial charge is 0.231 e. The van der Waals surface area contributed by atoms with Crippen molar-refractivity contribution in [3.05, 3.63) is 11.7 Å². The van der Waals surface area contributed by atoms with E-state index in [1.807, 2.05) is 6.92 Å². The molecular weight excluding hydrogens is 190 g/mol. The summed E-state index contributed by atoms with van der Waals surface area (Å²) in [7, 11) is 0. The predicted octanol–water partition coefficient (Wildman–Crippen LogP) is 2.14. The second kappa shape index (κ2) is 4.75. The van der Waals surface area contributed by atoms with Crippen molar-refractivity contribution in [3.63, 3.8) is 0 Å². The highest BCUT2D eigenvalue weighted by molar-refractivity contribution is 4.98. The summed E-state index contributed by atoms with van der Waals surface area (Å²) in [5, 5.41) is 3.84. The Morgan fingerprint density at radius 1 is 1.20 bits per heavy atom.